The summed E-state index contributed by atoms with van der Waals surface area (Å²) in [6.07, 6.45) is 31.5. The van der Waals surface area contributed by atoms with Crippen LogP contribution in [0.1, 0.15) is 141 Å². The average Bonchev–Trinajstić information content (AvgIpc) is 2.96. The van der Waals surface area contributed by atoms with Gasteiger partial charge in [-0.3, -0.25) is 0 Å². The first-order valence-electron chi connectivity index (χ1n) is 16.3. The molecule has 1 aromatic carbocycles. The highest BCUT2D eigenvalue weighted by molar-refractivity contribution is 5.55. The summed E-state index contributed by atoms with van der Waals surface area (Å²) in [5.41, 5.74) is 2.33. The second-order valence-electron chi connectivity index (χ2n) is 11.9. The van der Waals surface area contributed by atoms with Crippen molar-refractivity contribution in [2.75, 3.05) is 6.61 Å². The van der Waals surface area contributed by atoms with Gasteiger partial charge in [-0.1, -0.05) is 123 Å². The molecule has 0 aliphatic heterocycles. The molecule has 0 saturated heterocycles. The Balaban J connectivity index is 1.27. The van der Waals surface area contributed by atoms with Crippen LogP contribution in [0, 0.1) is 11.8 Å². The summed E-state index contributed by atoms with van der Waals surface area (Å²) in [5.74, 6) is 3.64. The van der Waals surface area contributed by atoms with Gasteiger partial charge in [-0.05, 0) is 60.9 Å². The highest BCUT2D eigenvalue weighted by Crippen LogP contribution is 2.34. The minimum atomic E-state index is 0.803. The van der Waals surface area contributed by atoms with Gasteiger partial charge in [0, 0.05) is 18.0 Å². The maximum absolute atomic E-state index is 5.92. The van der Waals surface area contributed by atoms with Gasteiger partial charge in [-0.2, -0.15) is 0 Å². The van der Waals surface area contributed by atoms with Gasteiger partial charge < -0.3 is 4.74 Å². The molecule has 2 aromatic rings. The number of benzene rings is 1. The van der Waals surface area contributed by atoms with Crippen molar-refractivity contribution in [1.29, 1.82) is 0 Å². The van der Waals surface area contributed by atoms with Gasteiger partial charge in [0.25, 0.3) is 0 Å². The van der Waals surface area contributed by atoms with E-state index in [9.17, 15) is 0 Å². The van der Waals surface area contributed by atoms with E-state index in [0.29, 0.717) is 0 Å². The smallest absolute Gasteiger partial charge is 0.159 e. The van der Waals surface area contributed by atoms with Gasteiger partial charge in [0.15, 0.2) is 5.82 Å². The predicted molar refractivity (Wildman–Crippen MR) is 163 cm³/mol. The van der Waals surface area contributed by atoms with E-state index >= 15 is 0 Å². The predicted octanol–water partition coefficient (Wildman–Crippen LogP) is 10.8. The lowest BCUT2D eigenvalue weighted by Gasteiger charge is -2.28. The Hall–Kier alpha value is -1.90. The number of rotatable bonds is 20. The highest BCUT2D eigenvalue weighted by Gasteiger charge is 2.20. The van der Waals surface area contributed by atoms with Crippen molar-refractivity contribution >= 4 is 0 Å². The largest absolute Gasteiger partial charge is 0.494 e. The topological polar surface area (TPSA) is 35.0 Å². The van der Waals surface area contributed by atoms with Gasteiger partial charge >= 0.3 is 0 Å². The number of hydrogen-bond donors (Lipinski definition) is 0. The van der Waals surface area contributed by atoms with E-state index in [1.54, 1.807) is 0 Å². The summed E-state index contributed by atoms with van der Waals surface area (Å²) in [6, 6.07) is 8.26. The fraction of sp³-hybridized carbons (Fsp3) is 0.714. The zero-order valence-electron chi connectivity index (χ0n) is 24.8. The lowest BCUT2D eigenvalue weighted by molar-refractivity contribution is 0.248. The van der Waals surface area contributed by atoms with Gasteiger partial charge in [-0.15, -0.1) is 0 Å². The van der Waals surface area contributed by atoms with Crippen LogP contribution in [0.5, 0.6) is 5.75 Å². The number of unbranched alkanes of at least 4 members (excludes halogenated alkanes) is 11. The molecule has 0 atom stereocenters. The SMILES string of the molecule is CCCCCCCCCC1CCC(CCc2cnc(-c3ccc(OCCCCCCCC)cc3)nc2)CC1. The molecular formula is C35H56N2O. The second kappa shape index (κ2) is 19.2. The molecule has 0 bridgehead atoms. The third-order valence-corrected chi connectivity index (χ3v) is 8.61. The third kappa shape index (κ3) is 12.3. The third-order valence-electron chi connectivity index (χ3n) is 8.61. The molecule has 0 unspecified atom stereocenters. The van der Waals surface area contributed by atoms with Crippen molar-refractivity contribution in [3.63, 3.8) is 0 Å². The molecule has 1 aliphatic rings. The van der Waals surface area contributed by atoms with Crippen LogP contribution in [0.15, 0.2) is 36.7 Å². The van der Waals surface area contributed by atoms with E-state index in [0.717, 1.165) is 48.4 Å². The Labute approximate surface area is 234 Å². The lowest BCUT2D eigenvalue weighted by atomic mass is 9.78. The van der Waals surface area contributed by atoms with Crippen LogP contribution >= 0.6 is 0 Å². The maximum Gasteiger partial charge on any atom is 0.159 e. The summed E-state index contributed by atoms with van der Waals surface area (Å²) in [7, 11) is 0. The van der Waals surface area contributed by atoms with Crippen molar-refractivity contribution in [3.8, 4) is 17.1 Å². The van der Waals surface area contributed by atoms with Crippen molar-refractivity contribution in [3.05, 3.63) is 42.2 Å². The monoisotopic (exact) mass is 520 g/mol. The number of aromatic nitrogens is 2. The molecule has 1 aliphatic carbocycles. The van der Waals surface area contributed by atoms with Gasteiger partial charge in [0.05, 0.1) is 6.61 Å². The van der Waals surface area contributed by atoms with Crippen LogP contribution in [0.2, 0.25) is 0 Å². The zero-order chi connectivity index (χ0) is 26.7. The molecule has 1 fully saturated rings. The standard InChI is InChI=1S/C35H56N2O/c1-3-5-7-9-11-12-14-16-30-17-19-31(20-18-30)21-22-32-28-36-35(37-29-32)33-23-25-34(26-24-33)38-27-15-13-10-8-6-4-2/h23-26,28-31H,3-22,27H2,1-2H3. The van der Waals surface area contributed by atoms with E-state index < -0.39 is 0 Å². The quantitative estimate of drug-likeness (QED) is 0.163. The Kier molecular flexibility index (Phi) is 15.5. The van der Waals surface area contributed by atoms with Crippen LogP contribution in [0.3, 0.4) is 0 Å². The molecule has 3 rings (SSSR count). The molecule has 0 spiro atoms. The van der Waals surface area contributed by atoms with Crippen LogP contribution in [-0.2, 0) is 6.42 Å². The summed E-state index contributed by atoms with van der Waals surface area (Å²) >= 11 is 0. The minimum Gasteiger partial charge on any atom is -0.494 e. The Morgan fingerprint density at radius 1 is 0.632 bits per heavy atom. The number of aryl methyl sites for hydroxylation is 1. The van der Waals surface area contributed by atoms with Crippen molar-refractivity contribution in [2.45, 2.75) is 142 Å². The number of nitrogens with zero attached hydrogens (tertiary/aromatic N) is 2. The zero-order valence-corrected chi connectivity index (χ0v) is 24.8. The van der Waals surface area contributed by atoms with Crippen LogP contribution in [0.4, 0.5) is 0 Å². The van der Waals surface area contributed by atoms with E-state index in [-0.39, 0.29) is 0 Å². The molecule has 3 nitrogen and oxygen atoms in total. The Bertz CT molecular complexity index is 824. The number of ether oxygens (including phenoxy) is 1. The summed E-state index contributed by atoms with van der Waals surface area (Å²) in [6.45, 7) is 5.36. The molecule has 0 radical (unpaired) electrons. The summed E-state index contributed by atoms with van der Waals surface area (Å²) < 4.78 is 5.92. The Morgan fingerprint density at radius 2 is 1.16 bits per heavy atom. The average molecular weight is 521 g/mol. The van der Waals surface area contributed by atoms with Gasteiger partial charge in [0.1, 0.15) is 5.75 Å². The van der Waals surface area contributed by atoms with E-state index in [1.807, 2.05) is 24.5 Å². The molecule has 0 N–H and O–H groups in total. The highest BCUT2D eigenvalue weighted by atomic mass is 16.5. The van der Waals surface area contributed by atoms with Gasteiger partial charge in [0.2, 0.25) is 0 Å². The van der Waals surface area contributed by atoms with E-state index in [4.69, 9.17) is 4.74 Å². The maximum atomic E-state index is 5.92. The molecule has 1 heterocycles. The fourth-order valence-corrected chi connectivity index (χ4v) is 5.98. The van der Waals surface area contributed by atoms with Crippen molar-refractivity contribution < 1.29 is 4.74 Å². The number of hydrogen-bond acceptors (Lipinski definition) is 3. The first-order chi connectivity index (χ1) is 18.8. The molecule has 3 heteroatoms. The van der Waals surface area contributed by atoms with Crippen LogP contribution < -0.4 is 4.74 Å². The van der Waals surface area contributed by atoms with Gasteiger partial charge in [-0.25, -0.2) is 9.97 Å². The first kappa shape index (κ1) is 30.6. The summed E-state index contributed by atoms with van der Waals surface area (Å²) in [5, 5.41) is 0. The van der Waals surface area contributed by atoms with Crippen LogP contribution in [-0.4, -0.2) is 16.6 Å². The minimum absolute atomic E-state index is 0.803. The molecule has 1 aromatic heterocycles. The summed E-state index contributed by atoms with van der Waals surface area (Å²) in [4.78, 5) is 9.36. The first-order valence-corrected chi connectivity index (χ1v) is 16.3. The lowest BCUT2D eigenvalue weighted by Crippen LogP contribution is -2.15. The molecule has 1 saturated carbocycles. The Morgan fingerprint density at radius 3 is 1.76 bits per heavy atom. The normalized spacial score (nSPS) is 17.5. The molecule has 38 heavy (non-hydrogen) atoms. The van der Waals surface area contributed by atoms with Crippen molar-refractivity contribution in [1.82, 2.24) is 9.97 Å². The van der Waals surface area contributed by atoms with E-state index in [2.05, 4.69) is 35.9 Å². The van der Waals surface area contributed by atoms with E-state index in [1.165, 1.54) is 121 Å². The molecule has 212 valence electrons. The van der Waals surface area contributed by atoms with Crippen LogP contribution in [0.25, 0.3) is 11.4 Å². The second-order valence-corrected chi connectivity index (χ2v) is 11.9. The fourth-order valence-electron chi connectivity index (χ4n) is 5.98. The van der Waals surface area contributed by atoms with Crippen molar-refractivity contribution in [2.24, 2.45) is 11.8 Å². The molecular weight excluding hydrogens is 464 g/mol. The molecule has 0 amide bonds.